The van der Waals surface area contributed by atoms with Gasteiger partial charge in [-0.1, -0.05) is 174 Å². The van der Waals surface area contributed by atoms with Crippen LogP contribution in [0.2, 0.25) is 0 Å². The van der Waals surface area contributed by atoms with E-state index < -0.39 is 0 Å². The maximum Gasteiger partial charge on any atom is 0.243 e. The topological polar surface area (TPSA) is 0 Å². The number of hydrogen-bond donors (Lipinski definition) is 0. The van der Waals surface area contributed by atoms with Gasteiger partial charge in [0, 0.05) is 0 Å². The summed E-state index contributed by atoms with van der Waals surface area (Å²) in [7, 11) is 0. The fraction of sp³-hybridized carbons (Fsp3) is 0.0233. The number of fused-ring (bicyclic) bond motifs is 12. The minimum atomic E-state index is -0.330. The molecule has 0 aromatic heterocycles. The van der Waals surface area contributed by atoms with Gasteiger partial charge in [0.15, 0.2) is 0 Å². The smallest absolute Gasteiger partial charge is 0.0666 e. The Morgan fingerprint density at radius 2 is 0.841 bits per heavy atom. The molecular weight excluding hydrogens is 527 g/mol. The molecule has 0 radical (unpaired) electrons. The van der Waals surface area contributed by atoms with Gasteiger partial charge in [-0.15, -0.1) is 0 Å². The van der Waals surface area contributed by atoms with Crippen LogP contribution in [0.25, 0.3) is 44.5 Å². The molecule has 2 aliphatic heterocycles. The molecule has 3 aliphatic rings. The zero-order valence-corrected chi connectivity index (χ0v) is 24.2. The molecule has 0 N–H and O–H groups in total. The van der Waals surface area contributed by atoms with Crippen LogP contribution in [-0.4, -0.2) is 6.71 Å². The highest BCUT2D eigenvalue weighted by molar-refractivity contribution is 7.00. The molecule has 0 nitrogen and oxygen atoms in total. The fourth-order valence-corrected chi connectivity index (χ4v) is 8.67. The van der Waals surface area contributed by atoms with Crippen molar-refractivity contribution in [2.75, 3.05) is 0 Å². The molecule has 0 amide bonds. The van der Waals surface area contributed by atoms with Gasteiger partial charge in [0.05, 0.1) is 5.41 Å². The second-order valence-electron chi connectivity index (χ2n) is 12.4. The summed E-state index contributed by atoms with van der Waals surface area (Å²) in [4.78, 5) is 0. The quantitative estimate of drug-likeness (QED) is 0.189. The highest BCUT2D eigenvalue weighted by Gasteiger charge is 2.54. The van der Waals surface area contributed by atoms with Crippen molar-refractivity contribution in [3.8, 4) is 44.5 Å². The maximum atomic E-state index is 2.44. The molecule has 0 atom stereocenters. The van der Waals surface area contributed by atoms with Crippen LogP contribution >= 0.6 is 0 Å². The van der Waals surface area contributed by atoms with Gasteiger partial charge in [-0.3, -0.25) is 0 Å². The minimum Gasteiger partial charge on any atom is -0.0666 e. The second kappa shape index (κ2) is 8.82. The van der Waals surface area contributed by atoms with Crippen LogP contribution in [-0.2, 0) is 5.41 Å². The molecule has 0 unspecified atom stereocenters. The molecular formula is C43H27B. The lowest BCUT2D eigenvalue weighted by Gasteiger charge is -2.42. The van der Waals surface area contributed by atoms with E-state index in [1.807, 2.05) is 0 Å². The summed E-state index contributed by atoms with van der Waals surface area (Å²) in [6, 6.07) is 61.3. The van der Waals surface area contributed by atoms with Gasteiger partial charge < -0.3 is 0 Å². The molecule has 1 aliphatic carbocycles. The molecule has 202 valence electrons. The Kier molecular flexibility index (Phi) is 4.83. The van der Waals surface area contributed by atoms with E-state index >= 15 is 0 Å². The molecule has 7 aromatic carbocycles. The van der Waals surface area contributed by atoms with Gasteiger partial charge in [0.25, 0.3) is 0 Å². The van der Waals surface area contributed by atoms with Crippen LogP contribution in [0, 0.1) is 0 Å². The summed E-state index contributed by atoms with van der Waals surface area (Å²) >= 11 is 0. The molecule has 2 heterocycles. The minimum absolute atomic E-state index is 0.229. The van der Waals surface area contributed by atoms with Crippen molar-refractivity contribution in [1.29, 1.82) is 0 Å². The van der Waals surface area contributed by atoms with Crippen LogP contribution in [0.15, 0.2) is 164 Å². The summed E-state index contributed by atoms with van der Waals surface area (Å²) < 4.78 is 0. The average Bonchev–Trinajstić information content (AvgIpc) is 3.59. The second-order valence-corrected chi connectivity index (χ2v) is 12.4. The van der Waals surface area contributed by atoms with Crippen LogP contribution < -0.4 is 16.4 Å². The first-order chi connectivity index (χ1) is 21.8. The van der Waals surface area contributed by atoms with Crippen LogP contribution in [0.4, 0.5) is 0 Å². The van der Waals surface area contributed by atoms with Gasteiger partial charge in [0.2, 0.25) is 6.71 Å². The molecule has 44 heavy (non-hydrogen) atoms. The third-order valence-corrected chi connectivity index (χ3v) is 10.4. The fourth-order valence-electron chi connectivity index (χ4n) is 8.67. The summed E-state index contributed by atoms with van der Waals surface area (Å²) in [5, 5.41) is 0. The Balaban J connectivity index is 1.21. The first-order valence-electron chi connectivity index (χ1n) is 15.6. The molecule has 0 saturated heterocycles. The monoisotopic (exact) mass is 554 g/mol. The van der Waals surface area contributed by atoms with E-state index in [1.54, 1.807) is 0 Å². The lowest BCUT2D eigenvalue weighted by atomic mass is 9.32. The van der Waals surface area contributed by atoms with Gasteiger partial charge in [-0.05, 0) is 72.8 Å². The van der Waals surface area contributed by atoms with Crippen LogP contribution in [0.1, 0.15) is 22.3 Å². The maximum absolute atomic E-state index is 2.44. The lowest BCUT2D eigenvalue weighted by Crippen LogP contribution is -2.59. The lowest BCUT2D eigenvalue weighted by molar-refractivity contribution is 0.775. The Morgan fingerprint density at radius 3 is 1.57 bits per heavy atom. The van der Waals surface area contributed by atoms with Crippen LogP contribution in [0.3, 0.4) is 0 Å². The van der Waals surface area contributed by atoms with E-state index in [0.29, 0.717) is 0 Å². The van der Waals surface area contributed by atoms with Crippen LogP contribution in [0.5, 0.6) is 0 Å². The van der Waals surface area contributed by atoms with Crippen molar-refractivity contribution in [3.63, 3.8) is 0 Å². The van der Waals surface area contributed by atoms with Gasteiger partial charge in [-0.2, -0.15) is 0 Å². The highest BCUT2D eigenvalue weighted by Crippen LogP contribution is 2.57. The van der Waals surface area contributed by atoms with E-state index in [-0.39, 0.29) is 12.1 Å². The van der Waals surface area contributed by atoms with E-state index in [9.17, 15) is 0 Å². The van der Waals surface area contributed by atoms with Gasteiger partial charge >= 0.3 is 0 Å². The Morgan fingerprint density at radius 1 is 0.318 bits per heavy atom. The first kappa shape index (κ1) is 24.1. The van der Waals surface area contributed by atoms with E-state index in [4.69, 9.17) is 0 Å². The molecule has 0 saturated carbocycles. The third kappa shape index (κ3) is 2.99. The Labute approximate surface area is 258 Å². The normalized spacial score (nSPS) is 14.0. The molecule has 0 bridgehead atoms. The molecule has 10 rings (SSSR count). The highest BCUT2D eigenvalue weighted by atomic mass is 14.5. The molecule has 0 fully saturated rings. The Bertz CT molecular complexity index is 2230. The Hall–Kier alpha value is -5.40. The SMILES string of the molecule is c1ccc(-c2ccc(-c3ccc4c(c3)-c3cccc5c3B4c3ccccc3C53c4ccccc4-c4ccccc43)cc2)cc1. The molecule has 1 heteroatoms. The van der Waals surface area contributed by atoms with Crippen molar-refractivity contribution in [2.24, 2.45) is 0 Å². The van der Waals surface area contributed by atoms with Crippen molar-refractivity contribution < 1.29 is 0 Å². The summed E-state index contributed by atoms with van der Waals surface area (Å²) in [6.07, 6.45) is 0. The van der Waals surface area contributed by atoms with Crippen molar-refractivity contribution in [3.05, 3.63) is 186 Å². The predicted octanol–water partition coefficient (Wildman–Crippen LogP) is 8.19. The number of benzene rings is 7. The van der Waals surface area contributed by atoms with Gasteiger partial charge in [-0.25, -0.2) is 0 Å². The summed E-state index contributed by atoms with van der Waals surface area (Å²) in [6.45, 7) is 0.229. The average molecular weight is 555 g/mol. The third-order valence-electron chi connectivity index (χ3n) is 10.4. The van der Waals surface area contributed by atoms with E-state index in [2.05, 4.69) is 164 Å². The molecule has 7 aromatic rings. The van der Waals surface area contributed by atoms with E-state index in [0.717, 1.165) is 0 Å². The first-order valence-corrected chi connectivity index (χ1v) is 15.6. The summed E-state index contributed by atoms with van der Waals surface area (Å²) in [5.41, 5.74) is 20.1. The van der Waals surface area contributed by atoms with Crippen molar-refractivity contribution in [1.82, 2.24) is 0 Å². The number of rotatable bonds is 2. The molecule has 1 spiro atoms. The van der Waals surface area contributed by atoms with E-state index in [1.165, 1.54) is 83.1 Å². The zero-order valence-electron chi connectivity index (χ0n) is 24.2. The zero-order chi connectivity index (χ0) is 28.8. The van der Waals surface area contributed by atoms with Crippen molar-refractivity contribution in [2.45, 2.75) is 5.41 Å². The summed E-state index contributed by atoms with van der Waals surface area (Å²) in [5.74, 6) is 0. The van der Waals surface area contributed by atoms with Crippen molar-refractivity contribution >= 4 is 23.1 Å². The standard InChI is InChI=1S/C43H27B/c1-2-11-28(12-3-1)29-21-23-30(24-22-29)31-25-26-40-35(27-31)34-15-10-19-39-42(34)44(40)41-20-9-8-18-38(41)43(39)36-16-6-4-13-32(36)33-14-5-7-17-37(33)43/h1-27H. The number of hydrogen-bond acceptors (Lipinski definition) is 0. The van der Waals surface area contributed by atoms with Gasteiger partial charge in [0.1, 0.15) is 0 Å². The predicted molar refractivity (Wildman–Crippen MR) is 185 cm³/mol. The largest absolute Gasteiger partial charge is 0.243 e.